The van der Waals surface area contributed by atoms with Gasteiger partial charge in [0, 0.05) is 13.1 Å². The predicted molar refractivity (Wildman–Crippen MR) is 108 cm³/mol. The van der Waals surface area contributed by atoms with E-state index >= 15 is 0 Å². The fourth-order valence-electron chi connectivity index (χ4n) is 2.95. The number of benzene rings is 2. The van der Waals surface area contributed by atoms with Crippen LogP contribution in [-0.4, -0.2) is 43.5 Å². The highest BCUT2D eigenvalue weighted by Gasteiger charge is 2.26. The van der Waals surface area contributed by atoms with Crippen LogP contribution in [0.25, 0.3) is 0 Å². The molecule has 0 heterocycles. The van der Waals surface area contributed by atoms with E-state index in [1.54, 1.807) is 38.2 Å². The second-order valence-electron chi connectivity index (χ2n) is 6.44. The quantitative estimate of drug-likeness (QED) is 0.722. The molecule has 0 spiro atoms. The molecular formula is C22H28N2O4. The van der Waals surface area contributed by atoms with Crippen molar-refractivity contribution in [1.82, 2.24) is 10.2 Å². The van der Waals surface area contributed by atoms with Crippen LogP contribution in [0.1, 0.15) is 25.0 Å². The van der Waals surface area contributed by atoms with Gasteiger partial charge in [-0.15, -0.1) is 0 Å². The number of hydrogen-bond donors (Lipinski definition) is 1. The third kappa shape index (κ3) is 5.49. The summed E-state index contributed by atoms with van der Waals surface area (Å²) in [7, 11) is 3.13. The van der Waals surface area contributed by atoms with Gasteiger partial charge in [0.2, 0.25) is 11.8 Å². The van der Waals surface area contributed by atoms with E-state index in [1.165, 1.54) is 0 Å². The van der Waals surface area contributed by atoms with Crippen LogP contribution in [0.2, 0.25) is 0 Å². The Morgan fingerprint density at radius 2 is 1.68 bits per heavy atom. The summed E-state index contributed by atoms with van der Waals surface area (Å²) in [6, 6.07) is 14.5. The van der Waals surface area contributed by atoms with Crippen molar-refractivity contribution in [3.63, 3.8) is 0 Å². The van der Waals surface area contributed by atoms with E-state index in [2.05, 4.69) is 5.32 Å². The monoisotopic (exact) mass is 384 g/mol. The molecule has 2 rings (SSSR count). The Bertz CT molecular complexity index is 792. The van der Waals surface area contributed by atoms with Gasteiger partial charge >= 0.3 is 0 Å². The first-order chi connectivity index (χ1) is 13.5. The SMILES string of the molecule is CCNC(=O)[C@H](C)N(Cc1ccccc1)C(=O)Cc1ccc(OC)c(OC)c1. The number of hydrogen-bond acceptors (Lipinski definition) is 4. The summed E-state index contributed by atoms with van der Waals surface area (Å²) < 4.78 is 10.6. The van der Waals surface area contributed by atoms with Gasteiger partial charge in [0.25, 0.3) is 0 Å². The summed E-state index contributed by atoms with van der Waals surface area (Å²) in [5, 5.41) is 2.79. The van der Waals surface area contributed by atoms with Crippen molar-refractivity contribution in [2.24, 2.45) is 0 Å². The predicted octanol–water partition coefficient (Wildman–Crippen LogP) is 2.80. The zero-order valence-corrected chi connectivity index (χ0v) is 16.9. The molecule has 0 aliphatic carbocycles. The number of nitrogens with one attached hydrogen (secondary N) is 1. The van der Waals surface area contributed by atoms with E-state index in [4.69, 9.17) is 9.47 Å². The summed E-state index contributed by atoms with van der Waals surface area (Å²) in [4.78, 5) is 27.1. The number of amides is 2. The molecule has 28 heavy (non-hydrogen) atoms. The van der Waals surface area contributed by atoms with E-state index < -0.39 is 6.04 Å². The number of nitrogens with zero attached hydrogens (tertiary/aromatic N) is 1. The summed E-state index contributed by atoms with van der Waals surface area (Å²) in [5.74, 6) is 0.878. The molecule has 0 bridgehead atoms. The minimum atomic E-state index is -0.576. The molecule has 0 aromatic heterocycles. The lowest BCUT2D eigenvalue weighted by atomic mass is 10.1. The van der Waals surface area contributed by atoms with E-state index in [1.807, 2.05) is 43.3 Å². The summed E-state index contributed by atoms with van der Waals surface area (Å²) in [5.41, 5.74) is 1.77. The normalized spacial score (nSPS) is 11.4. The molecule has 0 saturated heterocycles. The maximum absolute atomic E-state index is 13.1. The molecule has 0 aliphatic rings. The van der Waals surface area contributed by atoms with Crippen molar-refractivity contribution >= 4 is 11.8 Å². The highest BCUT2D eigenvalue weighted by Crippen LogP contribution is 2.28. The first-order valence-corrected chi connectivity index (χ1v) is 9.32. The van der Waals surface area contributed by atoms with Crippen molar-refractivity contribution in [2.75, 3.05) is 20.8 Å². The van der Waals surface area contributed by atoms with Crippen LogP contribution in [0.3, 0.4) is 0 Å². The van der Waals surface area contributed by atoms with Gasteiger partial charge in [0.05, 0.1) is 20.6 Å². The number of methoxy groups -OCH3 is 2. The van der Waals surface area contributed by atoms with Gasteiger partial charge in [0.15, 0.2) is 11.5 Å². The Morgan fingerprint density at radius 3 is 2.29 bits per heavy atom. The van der Waals surface area contributed by atoms with Gasteiger partial charge in [-0.2, -0.15) is 0 Å². The molecule has 0 aliphatic heterocycles. The fourth-order valence-corrected chi connectivity index (χ4v) is 2.95. The lowest BCUT2D eigenvalue weighted by Crippen LogP contribution is -2.48. The second kappa shape index (κ2) is 10.3. The van der Waals surface area contributed by atoms with E-state index in [0.29, 0.717) is 24.6 Å². The number of ether oxygens (including phenoxy) is 2. The van der Waals surface area contributed by atoms with Crippen LogP contribution in [0, 0.1) is 0 Å². The first kappa shape index (κ1) is 21.3. The van der Waals surface area contributed by atoms with Gasteiger partial charge in [-0.25, -0.2) is 0 Å². The second-order valence-corrected chi connectivity index (χ2v) is 6.44. The summed E-state index contributed by atoms with van der Waals surface area (Å²) in [6.07, 6.45) is 0.164. The summed E-state index contributed by atoms with van der Waals surface area (Å²) >= 11 is 0. The largest absolute Gasteiger partial charge is 0.493 e. The average molecular weight is 384 g/mol. The molecule has 6 heteroatoms. The van der Waals surface area contributed by atoms with Crippen LogP contribution in [0.5, 0.6) is 11.5 Å². The molecule has 150 valence electrons. The highest BCUT2D eigenvalue weighted by molar-refractivity contribution is 5.88. The van der Waals surface area contributed by atoms with Gasteiger partial charge < -0.3 is 19.7 Å². The number of rotatable bonds is 9. The van der Waals surface area contributed by atoms with Gasteiger partial charge in [0.1, 0.15) is 6.04 Å². The Kier molecular flexibility index (Phi) is 7.87. The number of carbonyl (C=O) groups is 2. The van der Waals surface area contributed by atoms with Crippen molar-refractivity contribution in [3.05, 3.63) is 59.7 Å². The maximum atomic E-state index is 13.1. The molecule has 0 unspecified atom stereocenters. The third-order valence-electron chi connectivity index (χ3n) is 4.52. The third-order valence-corrected chi connectivity index (χ3v) is 4.52. The molecule has 1 atom stereocenters. The minimum absolute atomic E-state index is 0.130. The minimum Gasteiger partial charge on any atom is -0.493 e. The molecule has 0 saturated carbocycles. The number of likely N-dealkylation sites (N-methyl/N-ethyl adjacent to an activating group) is 1. The van der Waals surface area contributed by atoms with Crippen LogP contribution in [0.4, 0.5) is 0 Å². The zero-order valence-electron chi connectivity index (χ0n) is 16.9. The van der Waals surface area contributed by atoms with Crippen molar-refractivity contribution < 1.29 is 19.1 Å². The zero-order chi connectivity index (χ0) is 20.5. The van der Waals surface area contributed by atoms with Gasteiger partial charge in [-0.05, 0) is 37.1 Å². The van der Waals surface area contributed by atoms with Crippen LogP contribution in [-0.2, 0) is 22.6 Å². The average Bonchev–Trinajstić information content (AvgIpc) is 2.72. The molecule has 1 N–H and O–H groups in total. The van der Waals surface area contributed by atoms with Crippen LogP contribution < -0.4 is 14.8 Å². The Morgan fingerprint density at radius 1 is 1.00 bits per heavy atom. The smallest absolute Gasteiger partial charge is 0.242 e. The standard InChI is InChI=1S/C22H28N2O4/c1-5-23-22(26)16(2)24(15-17-9-7-6-8-10-17)21(25)14-18-11-12-19(27-3)20(13-18)28-4/h6-13,16H,5,14-15H2,1-4H3,(H,23,26)/t16-/m0/s1. The van der Waals surface area contributed by atoms with Gasteiger partial charge in [-0.3, -0.25) is 9.59 Å². The Hall–Kier alpha value is -3.02. The molecule has 0 fully saturated rings. The summed E-state index contributed by atoms with van der Waals surface area (Å²) in [6.45, 7) is 4.50. The van der Waals surface area contributed by atoms with Crippen molar-refractivity contribution in [2.45, 2.75) is 32.9 Å². The highest BCUT2D eigenvalue weighted by atomic mass is 16.5. The topological polar surface area (TPSA) is 67.9 Å². The van der Waals surface area contributed by atoms with Crippen LogP contribution in [0.15, 0.2) is 48.5 Å². The van der Waals surface area contributed by atoms with Crippen molar-refractivity contribution in [1.29, 1.82) is 0 Å². The lowest BCUT2D eigenvalue weighted by Gasteiger charge is -2.29. The molecule has 6 nitrogen and oxygen atoms in total. The molecular weight excluding hydrogens is 356 g/mol. The molecule has 2 amide bonds. The molecule has 0 radical (unpaired) electrons. The maximum Gasteiger partial charge on any atom is 0.242 e. The molecule has 2 aromatic carbocycles. The first-order valence-electron chi connectivity index (χ1n) is 9.32. The Balaban J connectivity index is 2.23. The fraction of sp³-hybridized carbons (Fsp3) is 0.364. The lowest BCUT2D eigenvalue weighted by molar-refractivity contribution is -0.140. The van der Waals surface area contributed by atoms with E-state index in [0.717, 1.165) is 11.1 Å². The molecule has 2 aromatic rings. The Labute approximate surface area is 166 Å². The van der Waals surface area contributed by atoms with E-state index in [-0.39, 0.29) is 18.2 Å². The number of carbonyl (C=O) groups excluding carboxylic acids is 2. The van der Waals surface area contributed by atoms with Crippen LogP contribution >= 0.6 is 0 Å². The van der Waals surface area contributed by atoms with E-state index in [9.17, 15) is 9.59 Å². The van der Waals surface area contributed by atoms with Crippen molar-refractivity contribution in [3.8, 4) is 11.5 Å². The van der Waals surface area contributed by atoms with Gasteiger partial charge in [-0.1, -0.05) is 36.4 Å².